The van der Waals surface area contributed by atoms with Crippen LogP contribution in [0.25, 0.3) is 0 Å². The van der Waals surface area contributed by atoms with Crippen LogP contribution in [-0.2, 0) is 9.59 Å². The molecule has 3 N–H and O–H groups in total. The van der Waals surface area contributed by atoms with E-state index < -0.39 is 12.0 Å². The third-order valence-corrected chi connectivity index (χ3v) is 4.47. The Bertz CT molecular complexity index is 539. The number of carbonyl (C=O) groups excluding carboxylic acids is 2. The lowest BCUT2D eigenvalue weighted by Gasteiger charge is -2.38. The molecule has 1 heterocycles. The second-order valence-corrected chi connectivity index (χ2v) is 6.27. The number of carbonyl (C=O) groups is 2. The van der Waals surface area contributed by atoms with E-state index in [1.807, 2.05) is 30.3 Å². The highest BCUT2D eigenvalue weighted by molar-refractivity contribution is 5.83. The second-order valence-electron chi connectivity index (χ2n) is 6.27. The predicted octanol–water partition coefficient (Wildman–Crippen LogP) is 0.374. The van der Waals surface area contributed by atoms with Crippen LogP contribution in [0.1, 0.15) is 24.4 Å². The Balaban J connectivity index is 2.13. The van der Waals surface area contributed by atoms with Crippen molar-refractivity contribution < 1.29 is 14.7 Å². The molecule has 0 aromatic heterocycles. The van der Waals surface area contributed by atoms with E-state index in [-0.39, 0.29) is 17.9 Å². The molecule has 0 spiro atoms. The fourth-order valence-corrected chi connectivity index (χ4v) is 3.12. The number of hydrogen-bond acceptors (Lipinski definition) is 4. The van der Waals surface area contributed by atoms with Gasteiger partial charge in [0.2, 0.25) is 11.8 Å². The quantitative estimate of drug-likeness (QED) is 0.821. The van der Waals surface area contributed by atoms with Crippen molar-refractivity contribution in [3.8, 4) is 0 Å². The van der Waals surface area contributed by atoms with Crippen LogP contribution in [0.3, 0.4) is 0 Å². The van der Waals surface area contributed by atoms with Crippen molar-refractivity contribution in [2.24, 2.45) is 11.7 Å². The molecule has 1 saturated heterocycles. The van der Waals surface area contributed by atoms with Gasteiger partial charge in [-0.25, -0.2) is 0 Å². The van der Waals surface area contributed by atoms with Gasteiger partial charge in [0.25, 0.3) is 0 Å². The van der Waals surface area contributed by atoms with Gasteiger partial charge in [0.1, 0.15) is 12.1 Å². The number of rotatable bonds is 5. The van der Waals surface area contributed by atoms with Gasteiger partial charge >= 0.3 is 0 Å². The van der Waals surface area contributed by atoms with Gasteiger partial charge in [-0.05, 0) is 37.4 Å². The molecule has 2 amide bonds. The monoisotopic (exact) mass is 319 g/mol. The average molecular weight is 319 g/mol. The first-order valence-electron chi connectivity index (χ1n) is 7.89. The van der Waals surface area contributed by atoms with E-state index in [1.54, 1.807) is 19.0 Å². The highest BCUT2D eigenvalue weighted by Gasteiger charge is 2.34. The molecular formula is C17H25N3O3. The molecule has 23 heavy (non-hydrogen) atoms. The Morgan fingerprint density at radius 1 is 1.22 bits per heavy atom. The summed E-state index contributed by atoms with van der Waals surface area (Å²) in [5.74, 6) is -0.771. The van der Waals surface area contributed by atoms with Gasteiger partial charge in [-0.2, -0.15) is 0 Å². The first-order chi connectivity index (χ1) is 10.9. The molecule has 2 atom stereocenters. The molecule has 0 radical (unpaired) electrons. The summed E-state index contributed by atoms with van der Waals surface area (Å²) in [4.78, 5) is 27.5. The number of aliphatic hydroxyl groups excluding tert-OH is 1. The zero-order valence-corrected chi connectivity index (χ0v) is 13.7. The van der Waals surface area contributed by atoms with Crippen LogP contribution in [0.15, 0.2) is 30.3 Å². The Kier molecular flexibility index (Phi) is 5.74. The molecule has 6 heteroatoms. The summed E-state index contributed by atoms with van der Waals surface area (Å²) < 4.78 is 0. The molecule has 6 nitrogen and oxygen atoms in total. The summed E-state index contributed by atoms with van der Waals surface area (Å²) >= 11 is 0. The van der Waals surface area contributed by atoms with Gasteiger partial charge in [-0.3, -0.25) is 14.5 Å². The number of likely N-dealkylation sites (tertiary alicyclic amines) is 1. The molecule has 1 aliphatic heterocycles. The minimum Gasteiger partial charge on any atom is -0.383 e. The molecule has 0 bridgehead atoms. The minimum atomic E-state index is -1.10. The van der Waals surface area contributed by atoms with Crippen molar-refractivity contribution in [2.45, 2.75) is 25.0 Å². The van der Waals surface area contributed by atoms with Crippen LogP contribution in [0.2, 0.25) is 0 Å². The topological polar surface area (TPSA) is 86.9 Å². The third-order valence-electron chi connectivity index (χ3n) is 4.47. The van der Waals surface area contributed by atoms with Crippen molar-refractivity contribution in [3.05, 3.63) is 35.9 Å². The van der Waals surface area contributed by atoms with E-state index in [0.717, 1.165) is 5.56 Å². The molecule has 126 valence electrons. The molecule has 1 aromatic rings. The van der Waals surface area contributed by atoms with Crippen LogP contribution in [0.4, 0.5) is 0 Å². The number of primary amides is 1. The van der Waals surface area contributed by atoms with E-state index in [2.05, 4.69) is 4.90 Å². The lowest BCUT2D eigenvalue weighted by molar-refractivity contribution is -0.137. The molecule has 0 aliphatic carbocycles. The maximum Gasteiger partial charge on any atom is 0.246 e. The average Bonchev–Trinajstić information content (AvgIpc) is 2.55. The second kappa shape index (κ2) is 7.57. The van der Waals surface area contributed by atoms with Crippen molar-refractivity contribution in [1.82, 2.24) is 9.80 Å². The molecule has 1 aromatic carbocycles. The summed E-state index contributed by atoms with van der Waals surface area (Å²) in [6.45, 7) is 1.29. The lowest BCUT2D eigenvalue weighted by Crippen LogP contribution is -2.47. The fraction of sp³-hybridized carbons (Fsp3) is 0.529. The Hall–Kier alpha value is -1.92. The van der Waals surface area contributed by atoms with Gasteiger partial charge in [-0.15, -0.1) is 0 Å². The van der Waals surface area contributed by atoms with Crippen molar-refractivity contribution in [2.75, 3.05) is 27.2 Å². The number of aliphatic hydroxyl groups is 1. The number of nitrogens with two attached hydrogens (primary N) is 1. The standard InChI is InChI=1S/C17H25N3O3/c1-19(2)17(23)14(12-6-4-3-5-7-12)20-10-8-13(9-11-20)15(21)16(18)22/h3-7,13-15,21H,8-11H2,1-2H3,(H2,18,22)/t14-,15-/m0/s1. The maximum absolute atomic E-state index is 12.6. The van der Waals surface area contributed by atoms with Crippen LogP contribution in [0.5, 0.6) is 0 Å². The summed E-state index contributed by atoms with van der Waals surface area (Å²) in [6.07, 6.45) is 0.194. The first-order valence-corrected chi connectivity index (χ1v) is 7.89. The molecule has 2 rings (SSSR count). The van der Waals surface area contributed by atoms with Gasteiger partial charge in [0.05, 0.1) is 0 Å². The van der Waals surface area contributed by atoms with Crippen LogP contribution < -0.4 is 5.73 Å². The number of nitrogens with zero attached hydrogens (tertiary/aromatic N) is 2. The minimum absolute atomic E-state index is 0.0325. The highest BCUT2D eigenvalue weighted by Crippen LogP contribution is 2.29. The van der Waals surface area contributed by atoms with Crippen molar-refractivity contribution in [1.29, 1.82) is 0 Å². The Morgan fingerprint density at radius 2 is 1.78 bits per heavy atom. The lowest BCUT2D eigenvalue weighted by atomic mass is 9.89. The molecule has 0 saturated carbocycles. The predicted molar refractivity (Wildman–Crippen MR) is 87.4 cm³/mol. The molecule has 0 unspecified atom stereocenters. The summed E-state index contributed by atoms with van der Waals surface area (Å²) in [6, 6.07) is 9.35. The van der Waals surface area contributed by atoms with E-state index in [0.29, 0.717) is 25.9 Å². The van der Waals surface area contributed by atoms with Gasteiger partial charge in [0.15, 0.2) is 0 Å². The zero-order valence-electron chi connectivity index (χ0n) is 13.7. The maximum atomic E-state index is 12.6. The molecular weight excluding hydrogens is 294 g/mol. The molecule has 1 fully saturated rings. The van der Waals surface area contributed by atoms with E-state index in [1.165, 1.54) is 0 Å². The molecule has 1 aliphatic rings. The first kappa shape index (κ1) is 17.4. The zero-order chi connectivity index (χ0) is 17.0. The van der Waals surface area contributed by atoms with Crippen LogP contribution in [0, 0.1) is 5.92 Å². The third kappa shape index (κ3) is 4.09. The number of piperidine rings is 1. The smallest absolute Gasteiger partial charge is 0.246 e. The van der Waals surface area contributed by atoms with Gasteiger partial charge in [-0.1, -0.05) is 30.3 Å². The Morgan fingerprint density at radius 3 is 2.26 bits per heavy atom. The summed E-state index contributed by atoms with van der Waals surface area (Å²) in [5, 5.41) is 9.82. The van der Waals surface area contributed by atoms with Gasteiger partial charge in [0, 0.05) is 14.1 Å². The highest BCUT2D eigenvalue weighted by atomic mass is 16.3. The van der Waals surface area contributed by atoms with E-state index >= 15 is 0 Å². The van der Waals surface area contributed by atoms with E-state index in [9.17, 15) is 14.7 Å². The number of amides is 2. The number of benzene rings is 1. The summed E-state index contributed by atoms with van der Waals surface area (Å²) in [7, 11) is 3.50. The largest absolute Gasteiger partial charge is 0.383 e. The Labute approximate surface area is 136 Å². The van der Waals surface area contributed by atoms with Crippen molar-refractivity contribution in [3.63, 3.8) is 0 Å². The number of hydrogen-bond donors (Lipinski definition) is 2. The van der Waals surface area contributed by atoms with Gasteiger partial charge < -0.3 is 15.7 Å². The number of likely N-dealkylation sites (N-methyl/N-ethyl adjacent to an activating group) is 1. The normalized spacial score (nSPS) is 19.1. The van der Waals surface area contributed by atoms with Crippen LogP contribution >= 0.6 is 0 Å². The van der Waals surface area contributed by atoms with E-state index in [4.69, 9.17) is 5.73 Å². The van der Waals surface area contributed by atoms with Crippen molar-refractivity contribution >= 4 is 11.8 Å². The fourth-order valence-electron chi connectivity index (χ4n) is 3.12. The van der Waals surface area contributed by atoms with Crippen LogP contribution in [-0.4, -0.2) is 60.0 Å². The summed E-state index contributed by atoms with van der Waals surface area (Å²) in [5.41, 5.74) is 6.14. The SMILES string of the molecule is CN(C)C(=O)[C@H](c1ccccc1)N1CCC([C@H](O)C(N)=O)CC1.